The van der Waals surface area contributed by atoms with Crippen LogP contribution < -0.4 is 5.32 Å². The highest BCUT2D eigenvalue weighted by Gasteiger charge is 2.09. The Kier molecular flexibility index (Phi) is 6.54. The van der Waals surface area contributed by atoms with E-state index in [9.17, 15) is 10.1 Å². The number of anilines is 1. The first-order valence-corrected chi connectivity index (χ1v) is 9.76. The highest BCUT2D eigenvalue weighted by molar-refractivity contribution is 7.99. The van der Waals surface area contributed by atoms with E-state index in [2.05, 4.69) is 5.32 Å². The predicted molar refractivity (Wildman–Crippen MR) is 115 cm³/mol. The van der Waals surface area contributed by atoms with E-state index < -0.39 is 5.91 Å². The molecular formula is C23H17ClN2OS. The summed E-state index contributed by atoms with van der Waals surface area (Å²) in [4.78, 5) is 14.5. The quantitative estimate of drug-likeness (QED) is 0.398. The minimum Gasteiger partial charge on any atom is -0.321 e. The molecule has 3 rings (SSSR count). The van der Waals surface area contributed by atoms with Crippen molar-refractivity contribution in [3.05, 3.63) is 94.5 Å². The van der Waals surface area contributed by atoms with Crippen molar-refractivity contribution in [1.82, 2.24) is 0 Å². The monoisotopic (exact) mass is 404 g/mol. The lowest BCUT2D eigenvalue weighted by molar-refractivity contribution is -0.112. The normalized spacial score (nSPS) is 11.0. The molecule has 0 aliphatic rings. The van der Waals surface area contributed by atoms with Crippen molar-refractivity contribution < 1.29 is 4.79 Å². The minimum atomic E-state index is -0.425. The van der Waals surface area contributed by atoms with Crippen LogP contribution in [0.4, 0.5) is 5.69 Å². The molecule has 0 bridgehead atoms. The largest absolute Gasteiger partial charge is 0.321 e. The van der Waals surface area contributed by atoms with E-state index in [1.807, 2.05) is 85.8 Å². The number of halogens is 1. The molecule has 0 radical (unpaired) electrons. The number of hydrogen-bond donors (Lipinski definition) is 1. The Morgan fingerprint density at radius 3 is 2.11 bits per heavy atom. The van der Waals surface area contributed by atoms with Gasteiger partial charge in [-0.3, -0.25) is 4.79 Å². The first kappa shape index (κ1) is 19.8. The van der Waals surface area contributed by atoms with E-state index in [0.717, 1.165) is 20.9 Å². The molecular weight excluding hydrogens is 388 g/mol. The average Bonchev–Trinajstić information content (AvgIpc) is 2.71. The molecule has 0 aliphatic heterocycles. The Labute approximate surface area is 173 Å². The molecule has 0 spiro atoms. The molecule has 1 amide bonds. The SMILES string of the molecule is Cc1ccc(NC(=O)/C(C#N)=C\c2ccc(Sc3ccc(Cl)cc3)cc2)cc1. The summed E-state index contributed by atoms with van der Waals surface area (Å²) in [5.41, 5.74) is 2.60. The van der Waals surface area contributed by atoms with Gasteiger partial charge in [0.05, 0.1) is 0 Å². The number of rotatable bonds is 5. The van der Waals surface area contributed by atoms with Gasteiger partial charge in [-0.1, -0.05) is 53.2 Å². The maximum Gasteiger partial charge on any atom is 0.266 e. The minimum absolute atomic E-state index is 0.0543. The van der Waals surface area contributed by atoms with Gasteiger partial charge in [0.1, 0.15) is 11.6 Å². The third-order valence-corrected chi connectivity index (χ3v) is 5.18. The highest BCUT2D eigenvalue weighted by atomic mass is 35.5. The zero-order chi connectivity index (χ0) is 19.9. The summed E-state index contributed by atoms with van der Waals surface area (Å²) < 4.78 is 0. The second-order valence-corrected chi connectivity index (χ2v) is 7.70. The third kappa shape index (κ3) is 5.50. The maximum absolute atomic E-state index is 12.4. The van der Waals surface area contributed by atoms with Crippen molar-refractivity contribution in [3.63, 3.8) is 0 Å². The van der Waals surface area contributed by atoms with Gasteiger partial charge < -0.3 is 5.32 Å². The van der Waals surface area contributed by atoms with E-state index in [1.54, 1.807) is 17.8 Å². The van der Waals surface area contributed by atoms with Gasteiger partial charge in [0.2, 0.25) is 0 Å². The summed E-state index contributed by atoms with van der Waals surface area (Å²) in [5.74, 6) is -0.425. The van der Waals surface area contributed by atoms with E-state index in [1.165, 1.54) is 0 Å². The predicted octanol–water partition coefficient (Wildman–Crippen LogP) is 6.35. The number of carbonyl (C=O) groups excluding carboxylic acids is 1. The van der Waals surface area contributed by atoms with Crippen LogP contribution in [0.5, 0.6) is 0 Å². The number of amides is 1. The topological polar surface area (TPSA) is 52.9 Å². The van der Waals surface area contributed by atoms with Crippen molar-refractivity contribution in [1.29, 1.82) is 5.26 Å². The summed E-state index contributed by atoms with van der Waals surface area (Å²) in [6, 6.07) is 24.7. The van der Waals surface area contributed by atoms with Gasteiger partial charge in [0, 0.05) is 20.5 Å². The standard InChI is InChI=1S/C23H17ClN2OS/c1-16-2-8-20(9-3-16)26-23(27)18(15-25)14-17-4-10-21(11-5-17)28-22-12-6-19(24)7-13-22/h2-14H,1H3,(H,26,27)/b18-14-. The fraction of sp³-hybridized carbons (Fsp3) is 0.0435. The Bertz CT molecular complexity index is 1030. The Hall–Kier alpha value is -3.00. The van der Waals surface area contributed by atoms with Crippen LogP contribution in [0.15, 0.2) is 88.2 Å². The molecule has 0 aromatic heterocycles. The molecule has 5 heteroatoms. The Morgan fingerprint density at radius 1 is 0.964 bits per heavy atom. The molecule has 0 heterocycles. The molecule has 3 aromatic rings. The highest BCUT2D eigenvalue weighted by Crippen LogP contribution is 2.29. The summed E-state index contributed by atoms with van der Waals surface area (Å²) in [5, 5.41) is 12.8. The smallest absolute Gasteiger partial charge is 0.266 e. The second kappa shape index (κ2) is 9.27. The number of nitriles is 1. The fourth-order valence-corrected chi connectivity index (χ4v) is 3.36. The van der Waals surface area contributed by atoms with Crippen LogP contribution in [0.1, 0.15) is 11.1 Å². The Balaban J connectivity index is 1.69. The van der Waals surface area contributed by atoms with E-state index >= 15 is 0 Å². The van der Waals surface area contributed by atoms with Gasteiger partial charge in [-0.15, -0.1) is 0 Å². The van der Waals surface area contributed by atoms with Crippen molar-refractivity contribution in [2.75, 3.05) is 5.32 Å². The van der Waals surface area contributed by atoms with Gasteiger partial charge in [0.25, 0.3) is 5.91 Å². The van der Waals surface area contributed by atoms with Gasteiger partial charge >= 0.3 is 0 Å². The van der Waals surface area contributed by atoms with Crippen LogP contribution >= 0.6 is 23.4 Å². The molecule has 28 heavy (non-hydrogen) atoms. The number of nitrogens with zero attached hydrogens (tertiary/aromatic N) is 1. The molecule has 138 valence electrons. The van der Waals surface area contributed by atoms with Crippen LogP contribution in [-0.2, 0) is 4.79 Å². The summed E-state index contributed by atoms with van der Waals surface area (Å²) in [6.07, 6.45) is 1.58. The van der Waals surface area contributed by atoms with Gasteiger partial charge in [-0.05, 0) is 67.1 Å². The molecule has 3 nitrogen and oxygen atoms in total. The van der Waals surface area contributed by atoms with Crippen LogP contribution in [0.25, 0.3) is 6.08 Å². The lowest BCUT2D eigenvalue weighted by atomic mass is 10.1. The van der Waals surface area contributed by atoms with E-state index in [0.29, 0.717) is 10.7 Å². The number of hydrogen-bond acceptors (Lipinski definition) is 3. The van der Waals surface area contributed by atoms with E-state index in [-0.39, 0.29) is 5.57 Å². The number of benzene rings is 3. The Morgan fingerprint density at radius 2 is 1.54 bits per heavy atom. The van der Waals surface area contributed by atoms with Gasteiger partial charge in [-0.2, -0.15) is 5.26 Å². The zero-order valence-electron chi connectivity index (χ0n) is 15.1. The molecule has 0 aliphatic carbocycles. The van der Waals surface area contributed by atoms with Crippen LogP contribution in [-0.4, -0.2) is 5.91 Å². The first-order valence-electron chi connectivity index (χ1n) is 8.57. The molecule has 0 saturated heterocycles. The fourth-order valence-electron chi connectivity index (χ4n) is 2.42. The third-order valence-electron chi connectivity index (χ3n) is 3.91. The molecule has 3 aromatic carbocycles. The number of aryl methyl sites for hydroxylation is 1. The van der Waals surface area contributed by atoms with Gasteiger partial charge in [0.15, 0.2) is 0 Å². The van der Waals surface area contributed by atoms with Crippen molar-refractivity contribution in [2.24, 2.45) is 0 Å². The number of carbonyl (C=O) groups is 1. The average molecular weight is 405 g/mol. The van der Waals surface area contributed by atoms with Crippen molar-refractivity contribution in [3.8, 4) is 6.07 Å². The molecule has 1 N–H and O–H groups in total. The van der Waals surface area contributed by atoms with Crippen LogP contribution in [0.2, 0.25) is 5.02 Å². The molecule has 0 fully saturated rings. The molecule has 0 unspecified atom stereocenters. The van der Waals surface area contributed by atoms with Crippen molar-refractivity contribution >= 4 is 41.0 Å². The van der Waals surface area contributed by atoms with Crippen molar-refractivity contribution in [2.45, 2.75) is 16.7 Å². The maximum atomic E-state index is 12.4. The summed E-state index contributed by atoms with van der Waals surface area (Å²) in [7, 11) is 0. The summed E-state index contributed by atoms with van der Waals surface area (Å²) >= 11 is 7.52. The lowest BCUT2D eigenvalue weighted by Crippen LogP contribution is -2.13. The molecule has 0 saturated carbocycles. The second-order valence-electron chi connectivity index (χ2n) is 6.11. The zero-order valence-corrected chi connectivity index (χ0v) is 16.7. The van der Waals surface area contributed by atoms with Crippen LogP contribution in [0.3, 0.4) is 0 Å². The first-order chi connectivity index (χ1) is 13.5. The summed E-state index contributed by atoms with van der Waals surface area (Å²) in [6.45, 7) is 1.97. The number of nitrogens with one attached hydrogen (secondary N) is 1. The molecule has 0 atom stereocenters. The van der Waals surface area contributed by atoms with Crippen LogP contribution in [0, 0.1) is 18.3 Å². The van der Waals surface area contributed by atoms with E-state index in [4.69, 9.17) is 11.6 Å². The lowest BCUT2D eigenvalue weighted by Gasteiger charge is -2.05. The van der Waals surface area contributed by atoms with Gasteiger partial charge in [-0.25, -0.2) is 0 Å².